The first-order valence-corrected chi connectivity index (χ1v) is 7.02. The van der Waals surface area contributed by atoms with E-state index in [0.29, 0.717) is 24.3 Å². The van der Waals surface area contributed by atoms with E-state index in [4.69, 9.17) is 4.74 Å². The van der Waals surface area contributed by atoms with Crippen molar-refractivity contribution in [3.8, 4) is 0 Å². The van der Waals surface area contributed by atoms with Gasteiger partial charge in [0.2, 0.25) is 0 Å². The summed E-state index contributed by atoms with van der Waals surface area (Å²) >= 11 is 0. The van der Waals surface area contributed by atoms with Crippen molar-refractivity contribution >= 4 is 0 Å². The molecule has 2 heteroatoms. The highest BCUT2D eigenvalue weighted by Gasteiger charge is 2.25. The standard InChI is InChI=1S/C16H25NO/c1-11-6-5-7-15(8-11)14(4)17-16-9-12(2)18-13(3)10-16/h5-8,12-14,16-17H,9-10H2,1-4H3/t12?,13?,14-,16?/m0/s1. The van der Waals surface area contributed by atoms with Crippen LogP contribution in [0.1, 0.15) is 50.8 Å². The maximum absolute atomic E-state index is 5.78. The first-order valence-electron chi connectivity index (χ1n) is 7.02. The monoisotopic (exact) mass is 247 g/mol. The van der Waals surface area contributed by atoms with Crippen LogP contribution >= 0.6 is 0 Å². The van der Waals surface area contributed by atoms with Gasteiger partial charge in [0, 0.05) is 12.1 Å². The van der Waals surface area contributed by atoms with Gasteiger partial charge in [-0.2, -0.15) is 0 Å². The third kappa shape index (κ3) is 3.56. The molecule has 0 aliphatic carbocycles. The van der Waals surface area contributed by atoms with Crippen molar-refractivity contribution in [3.05, 3.63) is 35.4 Å². The fraction of sp³-hybridized carbons (Fsp3) is 0.625. The minimum Gasteiger partial charge on any atom is -0.375 e. The summed E-state index contributed by atoms with van der Waals surface area (Å²) in [6, 6.07) is 9.74. The predicted octanol–water partition coefficient (Wildman–Crippen LogP) is 3.60. The molecule has 1 N–H and O–H groups in total. The Kier molecular flexibility index (Phi) is 4.41. The van der Waals surface area contributed by atoms with Crippen LogP contribution in [0.4, 0.5) is 0 Å². The molecule has 2 rings (SSSR count). The number of nitrogens with one attached hydrogen (secondary N) is 1. The molecule has 1 saturated heterocycles. The van der Waals surface area contributed by atoms with E-state index in [2.05, 4.69) is 57.3 Å². The molecule has 3 atom stereocenters. The lowest BCUT2D eigenvalue weighted by Crippen LogP contribution is -2.42. The molecule has 1 fully saturated rings. The second kappa shape index (κ2) is 5.85. The minimum absolute atomic E-state index is 0.371. The Bertz CT molecular complexity index is 380. The van der Waals surface area contributed by atoms with Crippen LogP contribution in [0.3, 0.4) is 0 Å². The Morgan fingerprint density at radius 1 is 1.22 bits per heavy atom. The maximum Gasteiger partial charge on any atom is 0.0565 e. The normalized spacial score (nSPS) is 30.1. The van der Waals surface area contributed by atoms with Gasteiger partial charge in [-0.1, -0.05) is 29.8 Å². The zero-order valence-corrected chi connectivity index (χ0v) is 11.9. The number of hydrogen-bond donors (Lipinski definition) is 1. The Morgan fingerprint density at radius 3 is 2.50 bits per heavy atom. The SMILES string of the molecule is Cc1cccc([C@H](C)NC2CC(C)OC(C)C2)c1. The zero-order valence-electron chi connectivity index (χ0n) is 11.9. The van der Waals surface area contributed by atoms with Crippen LogP contribution in [0.25, 0.3) is 0 Å². The van der Waals surface area contributed by atoms with E-state index in [9.17, 15) is 0 Å². The van der Waals surface area contributed by atoms with E-state index in [1.807, 2.05) is 0 Å². The summed E-state index contributed by atoms with van der Waals surface area (Å²) in [5.74, 6) is 0. The summed E-state index contributed by atoms with van der Waals surface area (Å²) < 4.78 is 5.78. The Hall–Kier alpha value is -0.860. The fourth-order valence-electron chi connectivity index (χ4n) is 2.93. The molecule has 1 aliphatic heterocycles. The van der Waals surface area contributed by atoms with Gasteiger partial charge in [-0.05, 0) is 46.1 Å². The van der Waals surface area contributed by atoms with Gasteiger partial charge < -0.3 is 10.1 Å². The van der Waals surface area contributed by atoms with Crippen molar-refractivity contribution in [2.24, 2.45) is 0 Å². The van der Waals surface area contributed by atoms with Crippen LogP contribution in [0, 0.1) is 6.92 Å². The molecular formula is C16H25NO. The molecule has 1 aromatic rings. The molecule has 0 amide bonds. The van der Waals surface area contributed by atoms with Gasteiger partial charge >= 0.3 is 0 Å². The molecule has 0 bridgehead atoms. The summed E-state index contributed by atoms with van der Waals surface area (Å²) in [6.45, 7) is 8.73. The molecule has 0 spiro atoms. The molecule has 1 heterocycles. The van der Waals surface area contributed by atoms with Crippen LogP contribution in [0.2, 0.25) is 0 Å². The predicted molar refractivity (Wildman–Crippen MR) is 75.8 cm³/mol. The third-order valence-electron chi connectivity index (χ3n) is 3.73. The largest absolute Gasteiger partial charge is 0.375 e. The van der Waals surface area contributed by atoms with E-state index >= 15 is 0 Å². The lowest BCUT2D eigenvalue weighted by molar-refractivity contribution is -0.0433. The molecule has 1 aliphatic rings. The van der Waals surface area contributed by atoms with Gasteiger partial charge in [-0.3, -0.25) is 0 Å². The summed E-state index contributed by atoms with van der Waals surface area (Å²) in [4.78, 5) is 0. The lowest BCUT2D eigenvalue weighted by atomic mass is 9.97. The quantitative estimate of drug-likeness (QED) is 0.881. The number of hydrogen-bond acceptors (Lipinski definition) is 2. The highest BCUT2D eigenvalue weighted by molar-refractivity contribution is 5.24. The number of aryl methyl sites for hydroxylation is 1. The molecule has 1 aromatic carbocycles. The van der Waals surface area contributed by atoms with Crippen LogP contribution < -0.4 is 5.32 Å². The molecule has 18 heavy (non-hydrogen) atoms. The number of ether oxygens (including phenoxy) is 1. The number of rotatable bonds is 3. The van der Waals surface area contributed by atoms with E-state index in [0.717, 1.165) is 12.8 Å². The highest BCUT2D eigenvalue weighted by atomic mass is 16.5. The van der Waals surface area contributed by atoms with E-state index in [-0.39, 0.29) is 0 Å². The highest BCUT2D eigenvalue weighted by Crippen LogP contribution is 2.22. The van der Waals surface area contributed by atoms with Crippen LogP contribution in [0.15, 0.2) is 24.3 Å². The van der Waals surface area contributed by atoms with Crippen LogP contribution in [-0.4, -0.2) is 18.2 Å². The van der Waals surface area contributed by atoms with E-state index in [1.54, 1.807) is 0 Å². The number of benzene rings is 1. The van der Waals surface area contributed by atoms with Gasteiger partial charge in [0.15, 0.2) is 0 Å². The second-order valence-electron chi connectivity index (χ2n) is 5.73. The topological polar surface area (TPSA) is 21.3 Å². The Balaban J connectivity index is 1.96. The van der Waals surface area contributed by atoms with Gasteiger partial charge in [-0.15, -0.1) is 0 Å². The Labute approximate surface area is 111 Å². The van der Waals surface area contributed by atoms with E-state index in [1.165, 1.54) is 11.1 Å². The maximum atomic E-state index is 5.78. The third-order valence-corrected chi connectivity index (χ3v) is 3.73. The average Bonchev–Trinajstić information content (AvgIpc) is 2.27. The molecule has 0 saturated carbocycles. The molecule has 2 nitrogen and oxygen atoms in total. The summed E-state index contributed by atoms with van der Waals surface area (Å²) in [5, 5.41) is 3.74. The van der Waals surface area contributed by atoms with Crippen LogP contribution in [-0.2, 0) is 4.74 Å². The molecule has 0 aromatic heterocycles. The summed E-state index contributed by atoms with van der Waals surface area (Å²) in [5.41, 5.74) is 2.71. The smallest absolute Gasteiger partial charge is 0.0565 e. The first-order chi connectivity index (χ1) is 8.54. The van der Waals surface area contributed by atoms with Crippen molar-refractivity contribution < 1.29 is 4.74 Å². The molecule has 0 radical (unpaired) electrons. The van der Waals surface area contributed by atoms with Crippen molar-refractivity contribution in [3.63, 3.8) is 0 Å². The molecule has 2 unspecified atom stereocenters. The van der Waals surface area contributed by atoms with Gasteiger partial charge in [0.1, 0.15) is 0 Å². The lowest BCUT2D eigenvalue weighted by Gasteiger charge is -2.34. The van der Waals surface area contributed by atoms with Crippen LogP contribution in [0.5, 0.6) is 0 Å². The molecule has 100 valence electrons. The second-order valence-corrected chi connectivity index (χ2v) is 5.73. The zero-order chi connectivity index (χ0) is 13.1. The summed E-state index contributed by atoms with van der Waals surface area (Å²) in [7, 11) is 0. The van der Waals surface area contributed by atoms with E-state index < -0.39 is 0 Å². The van der Waals surface area contributed by atoms with Gasteiger partial charge in [0.05, 0.1) is 12.2 Å². The minimum atomic E-state index is 0.371. The van der Waals surface area contributed by atoms with Gasteiger partial charge in [0.25, 0.3) is 0 Å². The van der Waals surface area contributed by atoms with Crippen molar-refractivity contribution in [1.29, 1.82) is 0 Å². The van der Waals surface area contributed by atoms with Crippen molar-refractivity contribution in [1.82, 2.24) is 5.32 Å². The Morgan fingerprint density at radius 2 is 1.89 bits per heavy atom. The summed E-state index contributed by atoms with van der Waals surface area (Å²) in [6.07, 6.45) is 2.97. The molecular weight excluding hydrogens is 222 g/mol. The average molecular weight is 247 g/mol. The fourth-order valence-corrected chi connectivity index (χ4v) is 2.93. The van der Waals surface area contributed by atoms with Crippen molar-refractivity contribution in [2.75, 3.05) is 0 Å². The van der Waals surface area contributed by atoms with Crippen molar-refractivity contribution in [2.45, 2.75) is 64.8 Å². The van der Waals surface area contributed by atoms with Gasteiger partial charge in [-0.25, -0.2) is 0 Å². The first kappa shape index (κ1) is 13.6.